The zero-order valence-corrected chi connectivity index (χ0v) is 12.6. The Kier molecular flexibility index (Phi) is 4.36. The van der Waals surface area contributed by atoms with Crippen molar-refractivity contribution in [1.29, 1.82) is 0 Å². The number of alkyl halides is 1. The summed E-state index contributed by atoms with van der Waals surface area (Å²) in [6, 6.07) is 10.4. The van der Waals surface area contributed by atoms with Gasteiger partial charge in [0.05, 0.1) is 5.38 Å². The van der Waals surface area contributed by atoms with Crippen LogP contribution in [-0.2, 0) is 0 Å². The molecule has 1 aromatic heterocycles. The fourth-order valence-corrected chi connectivity index (χ4v) is 3.97. The van der Waals surface area contributed by atoms with Crippen molar-refractivity contribution in [2.75, 3.05) is 6.26 Å². The number of hydrogen-bond acceptors (Lipinski definition) is 2. The molecule has 0 bridgehead atoms. The highest BCUT2D eigenvalue weighted by Crippen LogP contribution is 2.37. The molecule has 1 heterocycles. The Morgan fingerprint density at radius 2 is 1.94 bits per heavy atom. The molecule has 0 saturated heterocycles. The highest BCUT2D eigenvalue weighted by molar-refractivity contribution is 9.10. The summed E-state index contributed by atoms with van der Waals surface area (Å²) in [5.41, 5.74) is 1.14. The molecule has 0 saturated carbocycles. The van der Waals surface area contributed by atoms with E-state index in [1.54, 1.807) is 23.1 Å². The van der Waals surface area contributed by atoms with Crippen LogP contribution in [0.3, 0.4) is 0 Å². The summed E-state index contributed by atoms with van der Waals surface area (Å²) in [5, 5.41) is 1.98. The first-order chi connectivity index (χ1) is 7.72. The van der Waals surface area contributed by atoms with Crippen molar-refractivity contribution in [2.45, 2.75) is 10.3 Å². The SMILES string of the molecule is CSc1ccc(C(Cl)c2sccc2Br)cc1. The maximum atomic E-state index is 6.45. The quantitative estimate of drug-likeness (QED) is 0.523. The summed E-state index contributed by atoms with van der Waals surface area (Å²) in [6.45, 7) is 0. The Labute approximate surface area is 117 Å². The molecule has 1 unspecified atom stereocenters. The van der Waals surface area contributed by atoms with Gasteiger partial charge in [-0.3, -0.25) is 0 Å². The van der Waals surface area contributed by atoms with E-state index in [4.69, 9.17) is 11.6 Å². The molecule has 0 fully saturated rings. The van der Waals surface area contributed by atoms with Gasteiger partial charge < -0.3 is 0 Å². The lowest BCUT2D eigenvalue weighted by molar-refractivity contribution is 1.16. The molecule has 16 heavy (non-hydrogen) atoms. The zero-order valence-electron chi connectivity index (χ0n) is 8.61. The summed E-state index contributed by atoms with van der Waals surface area (Å²) in [4.78, 5) is 2.43. The van der Waals surface area contributed by atoms with Gasteiger partial charge in [0.1, 0.15) is 0 Å². The molecule has 2 rings (SSSR count). The summed E-state index contributed by atoms with van der Waals surface area (Å²) in [5.74, 6) is 0. The summed E-state index contributed by atoms with van der Waals surface area (Å²) < 4.78 is 1.09. The zero-order chi connectivity index (χ0) is 11.5. The van der Waals surface area contributed by atoms with E-state index in [1.165, 1.54) is 9.77 Å². The average molecular weight is 334 g/mol. The van der Waals surface area contributed by atoms with Crippen molar-refractivity contribution >= 4 is 50.6 Å². The second kappa shape index (κ2) is 5.58. The third-order valence-corrected chi connectivity index (χ3v) is 5.56. The highest BCUT2D eigenvalue weighted by atomic mass is 79.9. The first-order valence-electron chi connectivity index (χ1n) is 4.73. The van der Waals surface area contributed by atoms with E-state index in [9.17, 15) is 0 Å². The molecule has 0 aliphatic rings. The molecule has 2 aromatic rings. The van der Waals surface area contributed by atoms with E-state index in [0.29, 0.717) is 0 Å². The Hall–Kier alpha value is 0.0400. The van der Waals surface area contributed by atoms with Crippen LogP contribution in [0.1, 0.15) is 15.8 Å². The summed E-state index contributed by atoms with van der Waals surface area (Å²) >= 11 is 13.4. The van der Waals surface area contributed by atoms with Crippen LogP contribution in [0.25, 0.3) is 0 Å². The van der Waals surface area contributed by atoms with E-state index < -0.39 is 0 Å². The van der Waals surface area contributed by atoms with Crippen LogP contribution >= 0.6 is 50.6 Å². The second-order valence-electron chi connectivity index (χ2n) is 3.27. The van der Waals surface area contributed by atoms with Gasteiger partial charge in [0, 0.05) is 14.2 Å². The molecular weight excluding hydrogens is 324 g/mol. The van der Waals surface area contributed by atoms with Crippen LogP contribution in [-0.4, -0.2) is 6.26 Å². The number of thioether (sulfide) groups is 1. The van der Waals surface area contributed by atoms with Crippen molar-refractivity contribution in [3.63, 3.8) is 0 Å². The van der Waals surface area contributed by atoms with Gasteiger partial charge >= 0.3 is 0 Å². The fourth-order valence-electron chi connectivity index (χ4n) is 1.41. The van der Waals surface area contributed by atoms with Gasteiger partial charge in [-0.25, -0.2) is 0 Å². The molecule has 0 amide bonds. The second-order valence-corrected chi connectivity index (χ2v) is 6.39. The van der Waals surface area contributed by atoms with Gasteiger partial charge in [0.2, 0.25) is 0 Å². The molecule has 0 spiro atoms. The van der Waals surface area contributed by atoms with Crippen LogP contribution in [0.15, 0.2) is 45.1 Å². The normalized spacial score (nSPS) is 12.7. The Bertz CT molecular complexity index is 464. The average Bonchev–Trinajstić information content (AvgIpc) is 2.75. The first kappa shape index (κ1) is 12.5. The molecule has 84 valence electrons. The number of hydrogen-bond donors (Lipinski definition) is 0. The monoisotopic (exact) mass is 332 g/mol. The predicted molar refractivity (Wildman–Crippen MR) is 77.9 cm³/mol. The van der Waals surface area contributed by atoms with Gasteiger partial charge in [-0.2, -0.15) is 0 Å². The number of thiophene rings is 1. The van der Waals surface area contributed by atoms with Gasteiger partial charge in [-0.15, -0.1) is 34.7 Å². The number of benzene rings is 1. The van der Waals surface area contributed by atoms with Gasteiger partial charge in [-0.1, -0.05) is 12.1 Å². The van der Waals surface area contributed by atoms with E-state index in [2.05, 4.69) is 46.5 Å². The lowest BCUT2D eigenvalue weighted by Crippen LogP contribution is -1.90. The Morgan fingerprint density at radius 3 is 2.44 bits per heavy atom. The van der Waals surface area contributed by atoms with Crippen LogP contribution in [0.2, 0.25) is 0 Å². The van der Waals surface area contributed by atoms with Crippen LogP contribution < -0.4 is 0 Å². The molecule has 4 heteroatoms. The van der Waals surface area contributed by atoms with Gasteiger partial charge in [-0.05, 0) is 51.3 Å². The topological polar surface area (TPSA) is 0 Å². The van der Waals surface area contributed by atoms with E-state index in [-0.39, 0.29) is 5.38 Å². The van der Waals surface area contributed by atoms with Crippen molar-refractivity contribution < 1.29 is 0 Å². The molecule has 1 atom stereocenters. The number of rotatable bonds is 3. The highest BCUT2D eigenvalue weighted by Gasteiger charge is 2.14. The van der Waals surface area contributed by atoms with Crippen molar-refractivity contribution in [3.05, 3.63) is 50.6 Å². The van der Waals surface area contributed by atoms with Gasteiger partial charge in [0.15, 0.2) is 0 Å². The van der Waals surface area contributed by atoms with Crippen LogP contribution in [0.4, 0.5) is 0 Å². The maximum absolute atomic E-state index is 6.45. The predicted octanol–water partition coefficient (Wildman–Crippen LogP) is 5.56. The lowest BCUT2D eigenvalue weighted by atomic mass is 10.1. The van der Waals surface area contributed by atoms with E-state index in [0.717, 1.165) is 10.0 Å². The van der Waals surface area contributed by atoms with Crippen molar-refractivity contribution in [1.82, 2.24) is 0 Å². The third kappa shape index (κ3) is 2.65. The lowest BCUT2D eigenvalue weighted by Gasteiger charge is -2.09. The maximum Gasteiger partial charge on any atom is 0.0939 e. The summed E-state index contributed by atoms with van der Waals surface area (Å²) in [7, 11) is 0. The minimum atomic E-state index is -0.0646. The number of halogens is 2. The smallest absolute Gasteiger partial charge is 0.0939 e. The van der Waals surface area contributed by atoms with Crippen molar-refractivity contribution in [3.8, 4) is 0 Å². The Morgan fingerprint density at radius 1 is 1.25 bits per heavy atom. The molecule has 0 aliphatic heterocycles. The third-order valence-electron chi connectivity index (χ3n) is 2.28. The Balaban J connectivity index is 2.27. The molecule has 1 aromatic carbocycles. The summed E-state index contributed by atoms with van der Waals surface area (Å²) in [6.07, 6.45) is 2.07. The van der Waals surface area contributed by atoms with E-state index in [1.807, 2.05) is 11.4 Å². The standard InChI is InChI=1S/C12H10BrClS2/c1-15-9-4-2-8(3-5-9)11(14)12-10(13)6-7-16-12/h2-7,11H,1H3. The molecule has 0 radical (unpaired) electrons. The molecule has 0 nitrogen and oxygen atoms in total. The van der Waals surface area contributed by atoms with Gasteiger partial charge in [0.25, 0.3) is 0 Å². The molecule has 0 N–H and O–H groups in total. The fraction of sp³-hybridized carbons (Fsp3) is 0.167. The van der Waals surface area contributed by atoms with Crippen LogP contribution in [0.5, 0.6) is 0 Å². The molecule has 0 aliphatic carbocycles. The minimum absolute atomic E-state index is 0.0646. The van der Waals surface area contributed by atoms with Crippen molar-refractivity contribution in [2.24, 2.45) is 0 Å². The molecular formula is C12H10BrClS2. The minimum Gasteiger partial charge on any atom is -0.146 e. The van der Waals surface area contributed by atoms with Crippen LogP contribution in [0, 0.1) is 0 Å². The van der Waals surface area contributed by atoms with E-state index >= 15 is 0 Å². The largest absolute Gasteiger partial charge is 0.146 e. The first-order valence-corrected chi connectivity index (χ1v) is 8.06.